The van der Waals surface area contributed by atoms with Gasteiger partial charge < -0.3 is 20.1 Å². The van der Waals surface area contributed by atoms with Crippen LogP contribution in [0.3, 0.4) is 0 Å². The molecule has 0 spiro atoms. The van der Waals surface area contributed by atoms with E-state index in [1.54, 1.807) is 53.0 Å². The van der Waals surface area contributed by atoms with Crippen molar-refractivity contribution >= 4 is 6.09 Å². The van der Waals surface area contributed by atoms with E-state index in [0.717, 1.165) is 5.56 Å². The lowest BCUT2D eigenvalue weighted by Crippen LogP contribution is -2.45. The summed E-state index contributed by atoms with van der Waals surface area (Å²) in [5, 5.41) is 4.85. The molecule has 5 nitrogen and oxygen atoms in total. The van der Waals surface area contributed by atoms with Crippen molar-refractivity contribution in [3.05, 3.63) is 29.8 Å². The fourth-order valence-electron chi connectivity index (χ4n) is 1.91. The maximum atomic E-state index is 13.9. The fraction of sp³-hybridized carbons (Fsp3) is 0.588. The Morgan fingerprint density at radius 1 is 1.25 bits per heavy atom. The van der Waals surface area contributed by atoms with Crippen molar-refractivity contribution in [2.24, 2.45) is 0 Å². The van der Waals surface area contributed by atoms with Gasteiger partial charge >= 0.3 is 6.09 Å². The molecular weight excluding hydrogens is 318 g/mol. The standard InChI is InChI=1S/C17H26F2N2O3/c1-12(13-7-6-8-14(9-13)23-5)20-10-17(18,19)11-21-15(22)24-16(2,3)4/h6-9,12,20H,10-11H2,1-5H3,(H,21,22). The van der Waals surface area contributed by atoms with Crippen LogP contribution in [0.15, 0.2) is 24.3 Å². The van der Waals surface area contributed by atoms with Crippen molar-refractivity contribution in [2.45, 2.75) is 45.3 Å². The molecule has 2 N–H and O–H groups in total. The molecule has 24 heavy (non-hydrogen) atoms. The van der Waals surface area contributed by atoms with Crippen LogP contribution in [0.5, 0.6) is 5.75 Å². The minimum atomic E-state index is -3.09. The zero-order valence-electron chi connectivity index (χ0n) is 14.8. The Balaban J connectivity index is 2.47. The van der Waals surface area contributed by atoms with Gasteiger partial charge in [0, 0.05) is 6.04 Å². The number of carbonyl (C=O) groups excluding carboxylic acids is 1. The third-order valence-corrected chi connectivity index (χ3v) is 3.15. The molecule has 136 valence electrons. The van der Waals surface area contributed by atoms with E-state index in [2.05, 4.69) is 10.6 Å². The van der Waals surface area contributed by atoms with Crippen LogP contribution in [0.2, 0.25) is 0 Å². The molecule has 1 aromatic carbocycles. The summed E-state index contributed by atoms with van der Waals surface area (Å²) in [6.45, 7) is 5.43. The van der Waals surface area contributed by atoms with E-state index in [-0.39, 0.29) is 6.04 Å². The van der Waals surface area contributed by atoms with Gasteiger partial charge in [0.2, 0.25) is 0 Å². The molecule has 0 bridgehead atoms. The Morgan fingerprint density at radius 2 is 1.92 bits per heavy atom. The van der Waals surface area contributed by atoms with Crippen LogP contribution in [0.4, 0.5) is 13.6 Å². The average molecular weight is 344 g/mol. The van der Waals surface area contributed by atoms with Gasteiger partial charge in [0.25, 0.3) is 5.92 Å². The normalized spacial score (nSPS) is 13.3. The van der Waals surface area contributed by atoms with Crippen LogP contribution in [0.1, 0.15) is 39.3 Å². The van der Waals surface area contributed by atoms with Gasteiger partial charge in [-0.3, -0.25) is 0 Å². The molecule has 0 aliphatic rings. The Morgan fingerprint density at radius 3 is 2.50 bits per heavy atom. The van der Waals surface area contributed by atoms with Gasteiger partial charge in [-0.1, -0.05) is 12.1 Å². The van der Waals surface area contributed by atoms with Gasteiger partial charge in [-0.05, 0) is 45.4 Å². The Hall–Kier alpha value is -1.89. The lowest BCUT2D eigenvalue weighted by Gasteiger charge is -2.23. The third kappa shape index (κ3) is 7.59. The molecule has 0 saturated carbocycles. The Labute approximate surface area is 141 Å². The van der Waals surface area contributed by atoms with Crippen LogP contribution in [-0.2, 0) is 4.74 Å². The van der Waals surface area contributed by atoms with Crippen LogP contribution in [0.25, 0.3) is 0 Å². The molecular formula is C17H26F2N2O3. The lowest BCUT2D eigenvalue weighted by atomic mass is 10.1. The SMILES string of the molecule is COc1cccc(C(C)NCC(F)(F)CNC(=O)OC(C)(C)C)c1. The molecule has 1 atom stereocenters. The predicted molar refractivity (Wildman–Crippen MR) is 88.6 cm³/mol. The minimum absolute atomic E-state index is 0.285. The van der Waals surface area contributed by atoms with Crippen molar-refractivity contribution in [3.8, 4) is 5.75 Å². The van der Waals surface area contributed by atoms with Gasteiger partial charge in [0.15, 0.2) is 0 Å². The van der Waals surface area contributed by atoms with E-state index >= 15 is 0 Å². The second-order valence-corrected chi connectivity index (χ2v) is 6.59. The fourth-order valence-corrected chi connectivity index (χ4v) is 1.91. The van der Waals surface area contributed by atoms with Gasteiger partial charge in [-0.2, -0.15) is 0 Å². The summed E-state index contributed by atoms with van der Waals surface area (Å²) in [5.74, 6) is -2.43. The number of amides is 1. The summed E-state index contributed by atoms with van der Waals surface area (Å²) >= 11 is 0. The first kappa shape index (κ1) is 20.2. The number of benzene rings is 1. The largest absolute Gasteiger partial charge is 0.497 e. The number of ether oxygens (including phenoxy) is 2. The van der Waals surface area contributed by atoms with Crippen molar-refractivity contribution < 1.29 is 23.0 Å². The van der Waals surface area contributed by atoms with E-state index < -0.39 is 30.7 Å². The van der Waals surface area contributed by atoms with Crippen LogP contribution < -0.4 is 15.4 Å². The molecule has 0 saturated heterocycles. The maximum absolute atomic E-state index is 13.9. The van der Waals surface area contributed by atoms with Gasteiger partial charge in [-0.15, -0.1) is 0 Å². The predicted octanol–water partition coefficient (Wildman–Crippen LogP) is 3.51. The molecule has 1 aromatic rings. The quantitative estimate of drug-likeness (QED) is 0.795. The molecule has 0 aliphatic heterocycles. The summed E-state index contributed by atoms with van der Waals surface area (Å²) in [5.41, 5.74) is 0.114. The first-order chi connectivity index (χ1) is 11.0. The minimum Gasteiger partial charge on any atom is -0.497 e. The number of carbonyl (C=O) groups is 1. The van der Waals surface area contributed by atoms with Crippen LogP contribution in [-0.4, -0.2) is 37.8 Å². The summed E-state index contributed by atoms with van der Waals surface area (Å²) in [4.78, 5) is 11.4. The Kier molecular flexibility index (Phi) is 6.95. The highest BCUT2D eigenvalue weighted by atomic mass is 19.3. The smallest absolute Gasteiger partial charge is 0.407 e. The molecule has 0 aromatic heterocycles. The number of nitrogens with one attached hydrogen (secondary N) is 2. The molecule has 0 fully saturated rings. The number of hydrogen-bond donors (Lipinski definition) is 2. The van der Waals surface area contributed by atoms with Crippen molar-refractivity contribution in [1.82, 2.24) is 10.6 Å². The van der Waals surface area contributed by atoms with Crippen molar-refractivity contribution in [2.75, 3.05) is 20.2 Å². The summed E-state index contributed by atoms with van der Waals surface area (Å²) in [6, 6.07) is 6.92. The lowest BCUT2D eigenvalue weighted by molar-refractivity contribution is -0.00525. The zero-order valence-corrected chi connectivity index (χ0v) is 14.8. The molecule has 1 rings (SSSR count). The molecule has 1 amide bonds. The molecule has 0 heterocycles. The highest BCUT2D eigenvalue weighted by Gasteiger charge is 2.30. The zero-order chi connectivity index (χ0) is 18.4. The van der Waals surface area contributed by atoms with E-state index in [0.29, 0.717) is 5.75 Å². The topological polar surface area (TPSA) is 59.6 Å². The molecule has 0 aliphatic carbocycles. The highest BCUT2D eigenvalue weighted by molar-refractivity contribution is 5.67. The van der Waals surface area contributed by atoms with Crippen LogP contribution in [0, 0.1) is 0 Å². The summed E-state index contributed by atoms with van der Waals surface area (Å²) in [6.07, 6.45) is -0.858. The first-order valence-corrected chi connectivity index (χ1v) is 7.74. The number of methoxy groups -OCH3 is 1. The van der Waals surface area contributed by atoms with Crippen molar-refractivity contribution in [1.29, 1.82) is 0 Å². The van der Waals surface area contributed by atoms with E-state index in [1.165, 1.54) is 0 Å². The third-order valence-electron chi connectivity index (χ3n) is 3.15. The van der Waals surface area contributed by atoms with E-state index in [4.69, 9.17) is 9.47 Å². The second-order valence-electron chi connectivity index (χ2n) is 6.59. The number of alkyl halides is 2. The van der Waals surface area contributed by atoms with Crippen molar-refractivity contribution in [3.63, 3.8) is 0 Å². The van der Waals surface area contributed by atoms with Gasteiger partial charge in [0.05, 0.1) is 20.2 Å². The Bertz CT molecular complexity index is 545. The number of alkyl carbamates (subject to hydrolysis) is 1. The van der Waals surface area contributed by atoms with Gasteiger partial charge in [0.1, 0.15) is 11.4 Å². The van der Waals surface area contributed by atoms with E-state index in [9.17, 15) is 13.6 Å². The maximum Gasteiger partial charge on any atom is 0.407 e. The highest BCUT2D eigenvalue weighted by Crippen LogP contribution is 2.20. The number of rotatable bonds is 7. The summed E-state index contributed by atoms with van der Waals surface area (Å²) in [7, 11) is 1.55. The number of halogens is 2. The molecule has 7 heteroatoms. The van der Waals surface area contributed by atoms with E-state index in [1.807, 2.05) is 6.07 Å². The summed E-state index contributed by atoms with van der Waals surface area (Å²) < 4.78 is 37.8. The monoisotopic (exact) mass is 344 g/mol. The van der Waals surface area contributed by atoms with Crippen LogP contribution >= 0.6 is 0 Å². The molecule has 0 radical (unpaired) electrons. The number of hydrogen-bond acceptors (Lipinski definition) is 4. The van der Waals surface area contributed by atoms with Gasteiger partial charge in [-0.25, -0.2) is 13.6 Å². The second kappa shape index (κ2) is 8.28. The molecule has 1 unspecified atom stereocenters. The first-order valence-electron chi connectivity index (χ1n) is 7.74. The average Bonchev–Trinajstić information content (AvgIpc) is 2.49.